The van der Waals surface area contributed by atoms with E-state index in [1.54, 1.807) is 11.0 Å². The van der Waals surface area contributed by atoms with E-state index in [0.717, 1.165) is 17.1 Å². The maximum absolute atomic E-state index is 12.8. The smallest absolute Gasteiger partial charge is 0.256 e. The topological polar surface area (TPSA) is 59.5 Å². The normalized spacial score (nSPS) is 10.9. The van der Waals surface area contributed by atoms with Gasteiger partial charge in [0.05, 0.1) is 12.1 Å². The zero-order chi connectivity index (χ0) is 15.6. The maximum Gasteiger partial charge on any atom is 0.256 e. The molecule has 0 aliphatic rings. The molecular weight excluding hydrogens is 264 g/mol. The SMILES string of the molecule is Cc1ccc(CN(C(=O)c2c(C)cccc2N)C(C)C)o1. The molecule has 2 aromatic rings. The minimum atomic E-state index is -0.0605. The predicted molar refractivity (Wildman–Crippen MR) is 84.0 cm³/mol. The summed E-state index contributed by atoms with van der Waals surface area (Å²) < 4.78 is 5.59. The molecule has 0 unspecified atom stereocenters. The van der Waals surface area contributed by atoms with Crippen molar-refractivity contribution in [1.29, 1.82) is 0 Å². The van der Waals surface area contributed by atoms with E-state index >= 15 is 0 Å². The zero-order valence-corrected chi connectivity index (χ0v) is 13.0. The molecule has 1 amide bonds. The molecule has 4 heteroatoms. The third-order valence-electron chi connectivity index (χ3n) is 3.53. The van der Waals surface area contributed by atoms with Crippen LogP contribution >= 0.6 is 0 Å². The molecule has 0 saturated carbocycles. The molecule has 0 bridgehead atoms. The Kier molecular flexibility index (Phi) is 4.36. The molecule has 21 heavy (non-hydrogen) atoms. The summed E-state index contributed by atoms with van der Waals surface area (Å²) in [5, 5.41) is 0. The van der Waals surface area contributed by atoms with Crippen LogP contribution in [0.1, 0.15) is 41.3 Å². The van der Waals surface area contributed by atoms with Gasteiger partial charge in [-0.3, -0.25) is 4.79 Å². The van der Waals surface area contributed by atoms with Crippen LogP contribution in [0, 0.1) is 13.8 Å². The minimum Gasteiger partial charge on any atom is -0.464 e. The number of benzene rings is 1. The third-order valence-corrected chi connectivity index (χ3v) is 3.53. The summed E-state index contributed by atoms with van der Waals surface area (Å²) in [4.78, 5) is 14.6. The van der Waals surface area contributed by atoms with Crippen molar-refractivity contribution in [2.45, 2.75) is 40.3 Å². The fourth-order valence-electron chi connectivity index (χ4n) is 2.35. The molecule has 112 valence electrons. The third kappa shape index (κ3) is 3.27. The number of amides is 1. The molecule has 1 aromatic heterocycles. The van der Waals surface area contributed by atoms with Gasteiger partial charge in [-0.25, -0.2) is 0 Å². The average molecular weight is 286 g/mol. The Morgan fingerprint density at radius 3 is 2.48 bits per heavy atom. The van der Waals surface area contributed by atoms with Gasteiger partial charge in [-0.15, -0.1) is 0 Å². The Labute approximate surface area is 125 Å². The van der Waals surface area contributed by atoms with E-state index in [2.05, 4.69) is 0 Å². The lowest BCUT2D eigenvalue weighted by Gasteiger charge is -2.27. The van der Waals surface area contributed by atoms with Gasteiger partial charge in [-0.2, -0.15) is 0 Å². The minimum absolute atomic E-state index is 0.0573. The van der Waals surface area contributed by atoms with Crippen molar-refractivity contribution in [3.8, 4) is 0 Å². The Balaban J connectivity index is 2.32. The molecule has 2 rings (SSSR count). The van der Waals surface area contributed by atoms with Gasteiger partial charge in [0.15, 0.2) is 0 Å². The van der Waals surface area contributed by atoms with Crippen molar-refractivity contribution < 1.29 is 9.21 Å². The van der Waals surface area contributed by atoms with Crippen LogP contribution in [-0.2, 0) is 6.54 Å². The largest absolute Gasteiger partial charge is 0.464 e. The number of furan rings is 1. The first-order valence-corrected chi connectivity index (χ1v) is 7.11. The average Bonchev–Trinajstić information content (AvgIpc) is 2.81. The number of hydrogen-bond donors (Lipinski definition) is 1. The number of hydrogen-bond acceptors (Lipinski definition) is 3. The van der Waals surface area contributed by atoms with Gasteiger partial charge < -0.3 is 15.1 Å². The number of rotatable bonds is 4. The molecule has 1 aromatic carbocycles. The van der Waals surface area contributed by atoms with Gasteiger partial charge in [-0.05, 0) is 51.5 Å². The lowest BCUT2D eigenvalue weighted by Crippen LogP contribution is -2.37. The van der Waals surface area contributed by atoms with E-state index < -0.39 is 0 Å². The first-order chi connectivity index (χ1) is 9.90. The summed E-state index contributed by atoms with van der Waals surface area (Å²) in [5.74, 6) is 1.56. The summed E-state index contributed by atoms with van der Waals surface area (Å²) in [5.41, 5.74) is 7.97. The summed E-state index contributed by atoms with van der Waals surface area (Å²) in [6.45, 7) is 8.21. The molecule has 0 aliphatic heterocycles. The monoisotopic (exact) mass is 286 g/mol. The van der Waals surface area contributed by atoms with Gasteiger partial charge in [0.2, 0.25) is 0 Å². The summed E-state index contributed by atoms with van der Waals surface area (Å²) in [6, 6.07) is 9.38. The number of nitrogens with two attached hydrogens (primary N) is 1. The van der Waals surface area contributed by atoms with Crippen molar-refractivity contribution in [2.24, 2.45) is 0 Å². The molecule has 4 nitrogen and oxygen atoms in total. The Hall–Kier alpha value is -2.23. The van der Waals surface area contributed by atoms with Crippen molar-refractivity contribution in [3.05, 3.63) is 53.0 Å². The van der Waals surface area contributed by atoms with Crippen molar-refractivity contribution in [3.63, 3.8) is 0 Å². The standard InChI is InChI=1S/C17H22N2O2/c1-11(2)19(10-14-9-8-13(4)21-14)17(20)16-12(3)6-5-7-15(16)18/h5-9,11H,10,18H2,1-4H3. The number of nitrogens with zero attached hydrogens (tertiary/aromatic N) is 1. The van der Waals surface area contributed by atoms with Gasteiger partial charge in [0, 0.05) is 11.7 Å². The highest BCUT2D eigenvalue weighted by atomic mass is 16.3. The van der Waals surface area contributed by atoms with E-state index in [0.29, 0.717) is 17.8 Å². The molecule has 1 heterocycles. The van der Waals surface area contributed by atoms with Crippen LogP contribution in [0.25, 0.3) is 0 Å². The summed E-state index contributed by atoms with van der Waals surface area (Å²) in [7, 11) is 0. The van der Waals surface area contributed by atoms with E-state index in [4.69, 9.17) is 10.2 Å². The van der Waals surface area contributed by atoms with Crippen LogP contribution in [0.5, 0.6) is 0 Å². The van der Waals surface area contributed by atoms with Crippen molar-refractivity contribution >= 4 is 11.6 Å². The van der Waals surface area contributed by atoms with Gasteiger partial charge >= 0.3 is 0 Å². The van der Waals surface area contributed by atoms with Crippen LogP contribution < -0.4 is 5.73 Å². The van der Waals surface area contributed by atoms with Crippen LogP contribution in [0.2, 0.25) is 0 Å². The van der Waals surface area contributed by atoms with E-state index in [1.807, 2.05) is 52.0 Å². The number of aryl methyl sites for hydroxylation is 2. The highest BCUT2D eigenvalue weighted by Crippen LogP contribution is 2.21. The fourth-order valence-corrected chi connectivity index (χ4v) is 2.35. The second kappa shape index (κ2) is 6.04. The van der Waals surface area contributed by atoms with Crippen molar-refractivity contribution in [1.82, 2.24) is 4.90 Å². The fraction of sp³-hybridized carbons (Fsp3) is 0.353. The van der Waals surface area contributed by atoms with E-state index in [9.17, 15) is 4.79 Å². The van der Waals surface area contributed by atoms with Gasteiger partial charge in [-0.1, -0.05) is 12.1 Å². The Morgan fingerprint density at radius 2 is 1.95 bits per heavy atom. The first kappa shape index (κ1) is 15.2. The quantitative estimate of drug-likeness (QED) is 0.875. The van der Waals surface area contributed by atoms with Crippen LogP contribution in [0.3, 0.4) is 0 Å². The number of nitrogen functional groups attached to an aromatic ring is 1. The summed E-state index contributed by atoms with van der Waals surface area (Å²) in [6.07, 6.45) is 0. The van der Waals surface area contributed by atoms with E-state index in [-0.39, 0.29) is 11.9 Å². The number of carbonyl (C=O) groups excluding carboxylic acids is 1. The Morgan fingerprint density at radius 1 is 1.24 bits per heavy atom. The molecule has 0 radical (unpaired) electrons. The second-order valence-electron chi connectivity index (χ2n) is 5.58. The molecule has 2 N–H and O–H groups in total. The lowest BCUT2D eigenvalue weighted by atomic mass is 10.0. The Bertz CT molecular complexity index is 624. The highest BCUT2D eigenvalue weighted by molar-refractivity contribution is 6.00. The zero-order valence-electron chi connectivity index (χ0n) is 13.0. The predicted octanol–water partition coefficient (Wildman–Crippen LogP) is 3.53. The molecule has 0 atom stereocenters. The molecule has 0 spiro atoms. The van der Waals surface area contributed by atoms with Crippen molar-refractivity contribution in [2.75, 3.05) is 5.73 Å². The van der Waals surface area contributed by atoms with Crippen LogP contribution in [0.4, 0.5) is 5.69 Å². The molecular formula is C17H22N2O2. The van der Waals surface area contributed by atoms with Crippen LogP contribution in [-0.4, -0.2) is 16.8 Å². The van der Waals surface area contributed by atoms with E-state index in [1.165, 1.54) is 0 Å². The molecule has 0 fully saturated rings. The summed E-state index contributed by atoms with van der Waals surface area (Å²) >= 11 is 0. The number of anilines is 1. The molecule has 0 saturated heterocycles. The van der Waals surface area contributed by atoms with Gasteiger partial charge in [0.1, 0.15) is 11.5 Å². The number of carbonyl (C=O) groups is 1. The maximum atomic E-state index is 12.8. The van der Waals surface area contributed by atoms with Crippen LogP contribution in [0.15, 0.2) is 34.7 Å². The first-order valence-electron chi connectivity index (χ1n) is 7.11. The molecule has 0 aliphatic carbocycles. The lowest BCUT2D eigenvalue weighted by molar-refractivity contribution is 0.0675. The highest BCUT2D eigenvalue weighted by Gasteiger charge is 2.23. The van der Waals surface area contributed by atoms with Gasteiger partial charge in [0.25, 0.3) is 5.91 Å². The second-order valence-corrected chi connectivity index (χ2v) is 5.58.